The molecular weight excluding hydrogens is 238 g/mol. The molecule has 2 atom stereocenters. The lowest BCUT2D eigenvalue weighted by atomic mass is 9.81. The average Bonchev–Trinajstić information content (AvgIpc) is 2.46. The molecule has 3 N–H and O–H groups in total. The van der Waals surface area contributed by atoms with Crippen LogP contribution in [-0.4, -0.2) is 18.3 Å². The van der Waals surface area contributed by atoms with Crippen LogP contribution < -0.4 is 10.5 Å². The van der Waals surface area contributed by atoms with Crippen LogP contribution in [0.5, 0.6) is 5.75 Å². The molecule has 3 heteroatoms. The van der Waals surface area contributed by atoms with Gasteiger partial charge in [0.25, 0.3) is 0 Å². The van der Waals surface area contributed by atoms with Gasteiger partial charge in [0.1, 0.15) is 5.75 Å². The number of rotatable bonds is 4. The third kappa shape index (κ3) is 3.28. The normalized spacial score (nSPS) is 20.0. The number of aryl methyl sites for hydroxylation is 1. The fourth-order valence-corrected chi connectivity index (χ4v) is 3.08. The molecule has 1 aliphatic rings. The number of aliphatic hydroxyl groups is 1. The van der Waals surface area contributed by atoms with Crippen molar-refractivity contribution in [1.29, 1.82) is 0 Å². The van der Waals surface area contributed by atoms with E-state index in [1.807, 2.05) is 25.1 Å². The number of nitrogens with two attached hydrogens (primary N) is 1. The molecule has 0 aliphatic heterocycles. The molecule has 1 saturated carbocycles. The first-order valence-electron chi connectivity index (χ1n) is 7.21. The van der Waals surface area contributed by atoms with Crippen molar-refractivity contribution in [3.8, 4) is 5.75 Å². The Morgan fingerprint density at radius 1 is 1.26 bits per heavy atom. The molecule has 0 aromatic heterocycles. The summed E-state index contributed by atoms with van der Waals surface area (Å²) in [6.45, 7) is 2.00. The summed E-state index contributed by atoms with van der Waals surface area (Å²) in [6, 6.07) is 5.61. The van der Waals surface area contributed by atoms with E-state index in [0.29, 0.717) is 5.92 Å². The third-order valence-electron chi connectivity index (χ3n) is 4.30. The summed E-state index contributed by atoms with van der Waals surface area (Å²) in [7, 11) is 1.67. The lowest BCUT2D eigenvalue weighted by Crippen LogP contribution is -2.34. The summed E-state index contributed by atoms with van der Waals surface area (Å²) in [5, 5.41) is 10.5. The van der Waals surface area contributed by atoms with Gasteiger partial charge in [-0.25, -0.2) is 0 Å². The first-order valence-corrected chi connectivity index (χ1v) is 7.21. The summed E-state index contributed by atoms with van der Waals surface area (Å²) >= 11 is 0. The van der Waals surface area contributed by atoms with Crippen molar-refractivity contribution in [1.82, 2.24) is 0 Å². The highest BCUT2D eigenvalue weighted by molar-refractivity contribution is 5.37. The van der Waals surface area contributed by atoms with Crippen molar-refractivity contribution in [2.24, 2.45) is 11.7 Å². The Kier molecular flexibility index (Phi) is 4.83. The van der Waals surface area contributed by atoms with Gasteiger partial charge in [0.15, 0.2) is 0 Å². The maximum Gasteiger partial charge on any atom is 0.121 e. The fourth-order valence-electron chi connectivity index (χ4n) is 3.08. The minimum Gasteiger partial charge on any atom is -0.496 e. The maximum atomic E-state index is 10.5. The molecule has 1 fully saturated rings. The van der Waals surface area contributed by atoms with Gasteiger partial charge in [0.2, 0.25) is 0 Å². The summed E-state index contributed by atoms with van der Waals surface area (Å²) < 4.78 is 5.25. The Bertz CT molecular complexity index is 413. The maximum absolute atomic E-state index is 10.5. The smallest absolute Gasteiger partial charge is 0.121 e. The van der Waals surface area contributed by atoms with Crippen LogP contribution in [-0.2, 0) is 0 Å². The molecule has 0 spiro atoms. The first kappa shape index (κ1) is 14.4. The van der Waals surface area contributed by atoms with Crippen molar-refractivity contribution >= 4 is 0 Å². The molecule has 0 bridgehead atoms. The minimum atomic E-state index is -0.437. The van der Waals surface area contributed by atoms with Crippen LogP contribution in [0.15, 0.2) is 18.2 Å². The summed E-state index contributed by atoms with van der Waals surface area (Å²) in [6.07, 6.45) is 5.49. The number of benzene rings is 1. The highest BCUT2D eigenvalue weighted by Gasteiger charge is 2.27. The average molecular weight is 263 g/mol. The Morgan fingerprint density at radius 3 is 2.53 bits per heavy atom. The predicted molar refractivity (Wildman–Crippen MR) is 77.2 cm³/mol. The Labute approximate surface area is 115 Å². The molecular formula is C16H25NO2. The summed E-state index contributed by atoms with van der Waals surface area (Å²) in [4.78, 5) is 0. The molecule has 1 aliphatic carbocycles. The van der Waals surface area contributed by atoms with Gasteiger partial charge in [0.05, 0.1) is 19.3 Å². The molecule has 19 heavy (non-hydrogen) atoms. The molecule has 106 valence electrons. The number of hydrogen-bond acceptors (Lipinski definition) is 3. The van der Waals surface area contributed by atoms with Crippen molar-refractivity contribution < 1.29 is 9.84 Å². The zero-order chi connectivity index (χ0) is 13.8. The highest BCUT2D eigenvalue weighted by atomic mass is 16.5. The van der Waals surface area contributed by atoms with Gasteiger partial charge in [0, 0.05) is 0 Å². The number of aliphatic hydroxyl groups excluding tert-OH is 1. The lowest BCUT2D eigenvalue weighted by Gasteiger charge is -2.30. The zero-order valence-electron chi connectivity index (χ0n) is 11.9. The second kappa shape index (κ2) is 6.40. The van der Waals surface area contributed by atoms with Gasteiger partial charge in [-0.3, -0.25) is 0 Å². The van der Waals surface area contributed by atoms with E-state index >= 15 is 0 Å². The van der Waals surface area contributed by atoms with Crippen LogP contribution in [0.4, 0.5) is 0 Å². The molecule has 2 rings (SSSR count). The first-order chi connectivity index (χ1) is 9.13. The van der Waals surface area contributed by atoms with Gasteiger partial charge in [-0.15, -0.1) is 0 Å². The minimum absolute atomic E-state index is 0.298. The number of ether oxygens (including phenoxy) is 1. The fraction of sp³-hybridized carbons (Fsp3) is 0.625. The largest absolute Gasteiger partial charge is 0.496 e. The van der Waals surface area contributed by atoms with Gasteiger partial charge in [-0.05, 0) is 42.9 Å². The van der Waals surface area contributed by atoms with Gasteiger partial charge < -0.3 is 15.6 Å². The van der Waals surface area contributed by atoms with E-state index in [2.05, 4.69) is 0 Å². The van der Waals surface area contributed by atoms with Crippen LogP contribution >= 0.6 is 0 Å². The van der Waals surface area contributed by atoms with Crippen LogP contribution in [0.2, 0.25) is 0 Å². The monoisotopic (exact) mass is 263 g/mol. The quantitative estimate of drug-likeness (QED) is 0.878. The predicted octanol–water partition coefficient (Wildman–Crippen LogP) is 2.94. The summed E-state index contributed by atoms with van der Waals surface area (Å²) in [5.41, 5.74) is 8.30. The topological polar surface area (TPSA) is 55.5 Å². The van der Waals surface area contributed by atoms with Gasteiger partial charge in [-0.1, -0.05) is 31.4 Å². The van der Waals surface area contributed by atoms with Gasteiger partial charge >= 0.3 is 0 Å². The molecule has 3 nitrogen and oxygen atoms in total. The zero-order valence-corrected chi connectivity index (χ0v) is 11.9. The molecule has 0 saturated heterocycles. The van der Waals surface area contributed by atoms with E-state index in [1.165, 1.54) is 19.3 Å². The van der Waals surface area contributed by atoms with E-state index in [9.17, 15) is 5.11 Å². The van der Waals surface area contributed by atoms with E-state index in [4.69, 9.17) is 10.5 Å². The van der Waals surface area contributed by atoms with Crippen LogP contribution in [0.1, 0.15) is 49.3 Å². The molecule has 1 aromatic carbocycles. The SMILES string of the molecule is COc1ccc([C@@H](N)[C@@H](O)C2CCCCC2)cc1C. The molecule has 0 amide bonds. The van der Waals surface area contributed by atoms with E-state index < -0.39 is 6.10 Å². The Balaban J connectivity index is 2.09. The number of methoxy groups -OCH3 is 1. The second-order valence-electron chi connectivity index (χ2n) is 5.64. The molecule has 1 aromatic rings. The van der Waals surface area contributed by atoms with E-state index in [1.54, 1.807) is 7.11 Å². The van der Waals surface area contributed by atoms with Crippen LogP contribution in [0.25, 0.3) is 0 Å². The molecule has 0 unspecified atom stereocenters. The van der Waals surface area contributed by atoms with Crippen molar-refractivity contribution in [2.45, 2.75) is 51.2 Å². The van der Waals surface area contributed by atoms with Gasteiger partial charge in [-0.2, -0.15) is 0 Å². The van der Waals surface area contributed by atoms with Crippen molar-refractivity contribution in [2.75, 3.05) is 7.11 Å². The summed E-state index contributed by atoms with van der Waals surface area (Å²) in [5.74, 6) is 1.22. The molecule has 0 radical (unpaired) electrons. The van der Waals surface area contributed by atoms with Crippen LogP contribution in [0.3, 0.4) is 0 Å². The second-order valence-corrected chi connectivity index (χ2v) is 5.64. The number of hydrogen-bond donors (Lipinski definition) is 2. The standard InChI is InChI=1S/C16H25NO2/c1-11-10-13(8-9-14(11)19-2)15(17)16(18)12-6-4-3-5-7-12/h8-10,12,15-16,18H,3-7,17H2,1-2H3/t15-,16+/m1/s1. The van der Waals surface area contributed by atoms with Crippen LogP contribution in [0, 0.1) is 12.8 Å². The Morgan fingerprint density at radius 2 is 1.95 bits per heavy atom. The lowest BCUT2D eigenvalue weighted by molar-refractivity contribution is 0.0618. The van der Waals surface area contributed by atoms with E-state index in [-0.39, 0.29) is 6.04 Å². The highest BCUT2D eigenvalue weighted by Crippen LogP contribution is 2.32. The molecule has 0 heterocycles. The van der Waals surface area contributed by atoms with Crippen molar-refractivity contribution in [3.63, 3.8) is 0 Å². The van der Waals surface area contributed by atoms with E-state index in [0.717, 1.165) is 29.7 Å². The Hall–Kier alpha value is -1.06. The van der Waals surface area contributed by atoms with Crippen molar-refractivity contribution in [3.05, 3.63) is 29.3 Å². The third-order valence-corrected chi connectivity index (χ3v) is 4.30.